The van der Waals surface area contributed by atoms with E-state index >= 15 is 0 Å². The van der Waals surface area contributed by atoms with Crippen LogP contribution in [0.1, 0.15) is 13.3 Å². The molecule has 0 aromatic rings. The maximum Gasteiger partial charge on any atom is 0.313 e. The molecule has 1 amide bonds. The number of ether oxygens (including phenoxy) is 1. The predicted octanol–water partition coefficient (Wildman–Crippen LogP) is -0.309. The molecule has 0 fully saturated rings. The number of thioether (sulfide) groups is 1. The number of hydrogen-bond donors (Lipinski definition) is 2. The van der Waals surface area contributed by atoms with Crippen LogP contribution in [0, 0.1) is 0 Å². The Labute approximate surface area is 92.6 Å². The number of nitrogens with one attached hydrogen (secondary N) is 1. The summed E-state index contributed by atoms with van der Waals surface area (Å²) < 4.78 is 4.65. The number of hydrogen-bond acceptors (Lipinski definition) is 5. The Morgan fingerprint density at radius 2 is 2.20 bits per heavy atom. The van der Waals surface area contributed by atoms with Gasteiger partial charge in [0.2, 0.25) is 5.91 Å². The van der Waals surface area contributed by atoms with E-state index in [1.165, 1.54) is 11.8 Å². The lowest BCUT2D eigenvalue weighted by atomic mass is 10.4. The fourth-order valence-corrected chi connectivity index (χ4v) is 1.02. The highest BCUT2D eigenvalue weighted by molar-refractivity contribution is 7.99. The molecule has 0 aliphatic carbocycles. The van der Waals surface area contributed by atoms with E-state index in [9.17, 15) is 9.59 Å². The molecule has 0 radical (unpaired) electrons. The van der Waals surface area contributed by atoms with E-state index in [4.69, 9.17) is 5.73 Å². The van der Waals surface area contributed by atoms with Crippen LogP contribution in [0.4, 0.5) is 0 Å². The van der Waals surface area contributed by atoms with Gasteiger partial charge in [-0.3, -0.25) is 9.59 Å². The molecule has 0 bridgehead atoms. The standard InChI is InChI=1S/C8H15N3O3S/c1-3-14-8(13)4-6(9)10-11-7(12)5-15-2/h3-5H2,1-2H3,(H2,9,10)(H,11,12). The third-order valence-electron chi connectivity index (χ3n) is 1.23. The molecule has 0 aliphatic heterocycles. The first-order valence-corrected chi connectivity index (χ1v) is 5.75. The highest BCUT2D eigenvalue weighted by Gasteiger charge is 2.05. The Kier molecular flexibility index (Phi) is 7.43. The molecule has 86 valence electrons. The lowest BCUT2D eigenvalue weighted by molar-refractivity contribution is -0.141. The van der Waals surface area contributed by atoms with Crippen LogP contribution in [0.3, 0.4) is 0 Å². The molecule has 15 heavy (non-hydrogen) atoms. The maximum atomic E-state index is 10.9. The van der Waals surface area contributed by atoms with Gasteiger partial charge in [-0.15, -0.1) is 0 Å². The van der Waals surface area contributed by atoms with Gasteiger partial charge in [0.1, 0.15) is 12.3 Å². The Bertz CT molecular complexity index is 256. The second-order valence-electron chi connectivity index (χ2n) is 2.55. The van der Waals surface area contributed by atoms with Crippen molar-refractivity contribution in [3.8, 4) is 0 Å². The molecule has 0 saturated heterocycles. The fourth-order valence-electron chi connectivity index (χ4n) is 0.697. The molecule has 0 atom stereocenters. The summed E-state index contributed by atoms with van der Waals surface area (Å²) in [5, 5.41) is 3.55. The minimum Gasteiger partial charge on any atom is -0.466 e. The van der Waals surface area contributed by atoms with Crippen molar-refractivity contribution in [1.82, 2.24) is 5.43 Å². The first kappa shape index (κ1) is 13.8. The average molecular weight is 233 g/mol. The summed E-state index contributed by atoms with van der Waals surface area (Å²) in [5.41, 5.74) is 7.60. The molecule has 7 heteroatoms. The minimum atomic E-state index is -0.460. The van der Waals surface area contributed by atoms with Crippen molar-refractivity contribution in [2.24, 2.45) is 10.8 Å². The third kappa shape index (κ3) is 7.80. The van der Waals surface area contributed by atoms with E-state index in [-0.39, 0.29) is 18.2 Å². The molecule has 0 aromatic heterocycles. The molecule has 0 rings (SSSR count). The summed E-state index contributed by atoms with van der Waals surface area (Å²) in [6.45, 7) is 2.00. The number of amidine groups is 1. The van der Waals surface area contributed by atoms with E-state index in [0.29, 0.717) is 12.4 Å². The van der Waals surface area contributed by atoms with Gasteiger partial charge in [0.05, 0.1) is 12.4 Å². The zero-order chi connectivity index (χ0) is 11.7. The van der Waals surface area contributed by atoms with E-state index in [2.05, 4.69) is 15.3 Å². The van der Waals surface area contributed by atoms with Crippen LogP contribution in [-0.2, 0) is 14.3 Å². The molecular formula is C8H15N3O3S. The number of esters is 1. The first-order chi connectivity index (χ1) is 7.10. The molecule has 0 spiro atoms. The highest BCUT2D eigenvalue weighted by Crippen LogP contribution is 1.90. The Morgan fingerprint density at radius 1 is 1.53 bits per heavy atom. The number of carbonyl (C=O) groups is 2. The number of nitrogens with zero attached hydrogens (tertiary/aromatic N) is 1. The largest absolute Gasteiger partial charge is 0.466 e. The van der Waals surface area contributed by atoms with E-state index < -0.39 is 5.97 Å². The quantitative estimate of drug-likeness (QED) is 0.284. The van der Waals surface area contributed by atoms with Gasteiger partial charge in [0.15, 0.2) is 0 Å². The van der Waals surface area contributed by atoms with Crippen molar-refractivity contribution in [3.05, 3.63) is 0 Å². The summed E-state index contributed by atoms with van der Waals surface area (Å²) in [5.74, 6) is -0.383. The van der Waals surface area contributed by atoms with Crippen molar-refractivity contribution in [3.63, 3.8) is 0 Å². The van der Waals surface area contributed by atoms with Gasteiger partial charge in [-0.2, -0.15) is 16.9 Å². The maximum absolute atomic E-state index is 10.9. The average Bonchev–Trinajstić information content (AvgIpc) is 2.15. The van der Waals surface area contributed by atoms with Crippen molar-refractivity contribution in [2.75, 3.05) is 18.6 Å². The number of nitrogens with two attached hydrogens (primary N) is 1. The van der Waals surface area contributed by atoms with Crippen LogP contribution in [0.15, 0.2) is 5.10 Å². The molecule has 0 saturated carbocycles. The second-order valence-corrected chi connectivity index (χ2v) is 3.42. The Hall–Kier alpha value is -1.24. The van der Waals surface area contributed by atoms with Crippen molar-refractivity contribution >= 4 is 29.5 Å². The number of hydrazone groups is 1. The first-order valence-electron chi connectivity index (χ1n) is 4.35. The molecule has 0 aliphatic rings. The Morgan fingerprint density at radius 3 is 2.73 bits per heavy atom. The molecular weight excluding hydrogens is 218 g/mol. The lowest BCUT2D eigenvalue weighted by Crippen LogP contribution is -2.26. The van der Waals surface area contributed by atoms with Crippen molar-refractivity contribution in [1.29, 1.82) is 0 Å². The van der Waals surface area contributed by atoms with Crippen LogP contribution in [0.5, 0.6) is 0 Å². The van der Waals surface area contributed by atoms with Gasteiger partial charge >= 0.3 is 5.97 Å². The molecule has 3 N–H and O–H groups in total. The monoisotopic (exact) mass is 233 g/mol. The predicted molar refractivity (Wildman–Crippen MR) is 59.4 cm³/mol. The van der Waals surface area contributed by atoms with Crippen LogP contribution in [0.25, 0.3) is 0 Å². The summed E-state index contributed by atoms with van der Waals surface area (Å²) in [4.78, 5) is 21.9. The van der Waals surface area contributed by atoms with E-state index in [1.807, 2.05) is 0 Å². The van der Waals surface area contributed by atoms with Gasteiger partial charge in [0, 0.05) is 0 Å². The zero-order valence-electron chi connectivity index (χ0n) is 8.78. The van der Waals surface area contributed by atoms with Crippen molar-refractivity contribution in [2.45, 2.75) is 13.3 Å². The summed E-state index contributed by atoms with van der Waals surface area (Å²) in [6.07, 6.45) is 1.68. The van der Waals surface area contributed by atoms with Gasteiger partial charge in [-0.1, -0.05) is 0 Å². The smallest absolute Gasteiger partial charge is 0.313 e. The third-order valence-corrected chi connectivity index (χ3v) is 1.78. The molecule has 0 aromatic carbocycles. The SMILES string of the molecule is CCOC(=O)C/C(N)=N/NC(=O)CSC. The topological polar surface area (TPSA) is 93.8 Å². The molecule has 0 unspecified atom stereocenters. The van der Waals surface area contributed by atoms with Crippen LogP contribution < -0.4 is 11.2 Å². The summed E-state index contributed by atoms with van der Waals surface area (Å²) >= 11 is 1.37. The van der Waals surface area contributed by atoms with Gasteiger partial charge in [-0.25, -0.2) is 5.43 Å². The number of amides is 1. The summed E-state index contributed by atoms with van der Waals surface area (Å²) in [6, 6.07) is 0. The fraction of sp³-hybridized carbons (Fsp3) is 0.625. The van der Waals surface area contributed by atoms with Gasteiger partial charge < -0.3 is 10.5 Å². The van der Waals surface area contributed by atoms with Gasteiger partial charge in [-0.05, 0) is 13.2 Å². The Balaban J connectivity index is 3.88. The number of carbonyl (C=O) groups excluding carboxylic acids is 2. The lowest BCUT2D eigenvalue weighted by Gasteiger charge is -2.01. The van der Waals surface area contributed by atoms with Crippen LogP contribution >= 0.6 is 11.8 Å². The van der Waals surface area contributed by atoms with E-state index in [0.717, 1.165) is 0 Å². The van der Waals surface area contributed by atoms with E-state index in [1.54, 1.807) is 13.2 Å². The normalized spacial score (nSPS) is 10.9. The van der Waals surface area contributed by atoms with Gasteiger partial charge in [0.25, 0.3) is 0 Å². The second kappa shape index (κ2) is 8.10. The molecule has 0 heterocycles. The zero-order valence-corrected chi connectivity index (χ0v) is 9.60. The van der Waals surface area contributed by atoms with Crippen LogP contribution in [0.2, 0.25) is 0 Å². The highest BCUT2D eigenvalue weighted by atomic mass is 32.2. The summed E-state index contributed by atoms with van der Waals surface area (Å²) in [7, 11) is 0. The number of rotatable bonds is 6. The van der Waals surface area contributed by atoms with Crippen molar-refractivity contribution < 1.29 is 14.3 Å². The molecule has 6 nitrogen and oxygen atoms in total. The van der Waals surface area contributed by atoms with Crippen LogP contribution in [-0.4, -0.2) is 36.3 Å². The minimum absolute atomic E-state index is 0.0305.